The van der Waals surface area contributed by atoms with Gasteiger partial charge >= 0.3 is 0 Å². The average Bonchev–Trinajstić information content (AvgIpc) is 3.11. The summed E-state index contributed by atoms with van der Waals surface area (Å²) in [5.41, 5.74) is 0.386. The van der Waals surface area contributed by atoms with Crippen molar-refractivity contribution < 1.29 is 5.11 Å². The van der Waals surface area contributed by atoms with E-state index in [0.29, 0.717) is 6.04 Å². The van der Waals surface area contributed by atoms with Gasteiger partial charge in [0.25, 0.3) is 5.56 Å². The lowest BCUT2D eigenvalue weighted by Crippen LogP contribution is -2.43. The van der Waals surface area contributed by atoms with Gasteiger partial charge in [0.1, 0.15) is 5.02 Å². The maximum atomic E-state index is 11.6. The Morgan fingerprint density at radius 1 is 1.33 bits per heavy atom. The van der Waals surface area contributed by atoms with Crippen LogP contribution in [0, 0.1) is 0 Å². The van der Waals surface area contributed by atoms with Crippen LogP contribution < -0.4 is 10.5 Å². The summed E-state index contributed by atoms with van der Waals surface area (Å²) in [6.07, 6.45) is 6.01. The molecule has 2 aliphatic heterocycles. The van der Waals surface area contributed by atoms with E-state index in [1.165, 1.54) is 0 Å². The van der Waals surface area contributed by atoms with Crippen LogP contribution in [0.2, 0.25) is 5.02 Å². The zero-order valence-electron chi connectivity index (χ0n) is 12.0. The Morgan fingerprint density at radius 2 is 2.10 bits per heavy atom. The summed E-state index contributed by atoms with van der Waals surface area (Å²) in [5, 5.41) is 15.9. The van der Waals surface area contributed by atoms with Gasteiger partial charge in [-0.1, -0.05) is 11.6 Å². The zero-order valence-corrected chi connectivity index (χ0v) is 12.7. The Hall–Kier alpha value is -1.11. The summed E-state index contributed by atoms with van der Waals surface area (Å²) in [7, 11) is 0. The van der Waals surface area contributed by atoms with Crippen molar-refractivity contribution in [3.8, 4) is 0 Å². The lowest BCUT2D eigenvalue weighted by molar-refractivity contribution is 0.153. The highest BCUT2D eigenvalue weighted by Crippen LogP contribution is 2.30. The molecule has 3 rings (SSSR count). The molecule has 0 aromatic carbocycles. The molecule has 0 aliphatic carbocycles. The first kappa shape index (κ1) is 14.8. The van der Waals surface area contributed by atoms with Gasteiger partial charge < -0.3 is 10.0 Å². The minimum atomic E-state index is -0.339. The van der Waals surface area contributed by atoms with Crippen molar-refractivity contribution in [2.75, 3.05) is 31.1 Å². The summed E-state index contributed by atoms with van der Waals surface area (Å²) in [6.45, 7) is 3.07. The molecule has 21 heavy (non-hydrogen) atoms. The molecule has 3 heterocycles. The van der Waals surface area contributed by atoms with Crippen LogP contribution in [0.15, 0.2) is 11.0 Å². The Kier molecular flexibility index (Phi) is 4.47. The van der Waals surface area contributed by atoms with Crippen molar-refractivity contribution in [3.63, 3.8) is 0 Å². The maximum absolute atomic E-state index is 11.6. The van der Waals surface area contributed by atoms with Gasteiger partial charge in [0.05, 0.1) is 18.5 Å². The van der Waals surface area contributed by atoms with E-state index in [1.54, 1.807) is 6.20 Å². The highest BCUT2D eigenvalue weighted by atomic mass is 35.5. The number of aromatic nitrogens is 2. The van der Waals surface area contributed by atoms with Crippen molar-refractivity contribution in [1.82, 2.24) is 15.1 Å². The first-order valence-electron chi connectivity index (χ1n) is 7.55. The summed E-state index contributed by atoms with van der Waals surface area (Å²) in [5.74, 6) is 0. The highest BCUT2D eigenvalue weighted by Gasteiger charge is 2.32. The van der Waals surface area contributed by atoms with Gasteiger partial charge in [0.2, 0.25) is 0 Å². The van der Waals surface area contributed by atoms with Gasteiger partial charge in [-0.05, 0) is 32.2 Å². The number of hydrogen-bond acceptors (Lipinski definition) is 5. The van der Waals surface area contributed by atoms with Gasteiger partial charge in [0.15, 0.2) is 0 Å². The number of hydrogen-bond donors (Lipinski definition) is 2. The number of nitrogens with one attached hydrogen (secondary N) is 1. The quantitative estimate of drug-likeness (QED) is 0.862. The number of aromatic amines is 1. The molecule has 7 heteroatoms. The fourth-order valence-electron chi connectivity index (χ4n) is 3.53. The van der Waals surface area contributed by atoms with E-state index in [-0.39, 0.29) is 23.2 Å². The lowest BCUT2D eigenvalue weighted by Gasteiger charge is -2.32. The molecule has 2 fully saturated rings. The van der Waals surface area contributed by atoms with Gasteiger partial charge in [-0.25, -0.2) is 5.10 Å². The Labute approximate surface area is 128 Å². The summed E-state index contributed by atoms with van der Waals surface area (Å²) >= 11 is 6.13. The number of H-pyrrole nitrogens is 1. The number of aliphatic hydroxyl groups is 1. The molecular weight excluding hydrogens is 292 g/mol. The van der Waals surface area contributed by atoms with Crippen LogP contribution in [0.3, 0.4) is 0 Å². The van der Waals surface area contributed by atoms with Crippen LogP contribution in [0.4, 0.5) is 5.69 Å². The minimum Gasteiger partial charge on any atom is -0.395 e. The topological polar surface area (TPSA) is 72.5 Å². The molecule has 2 saturated heterocycles. The SMILES string of the molecule is O=c1[nH]ncc(N2CCCC2CN2CCCC2CO)c1Cl. The van der Waals surface area contributed by atoms with Crippen molar-refractivity contribution in [1.29, 1.82) is 0 Å². The number of halogens is 1. The zero-order chi connectivity index (χ0) is 14.8. The van der Waals surface area contributed by atoms with Gasteiger partial charge in [0, 0.05) is 25.2 Å². The maximum Gasteiger partial charge on any atom is 0.285 e. The van der Waals surface area contributed by atoms with Crippen LogP contribution in [0.1, 0.15) is 25.7 Å². The molecule has 0 spiro atoms. The fourth-order valence-corrected chi connectivity index (χ4v) is 3.73. The molecule has 0 bridgehead atoms. The molecule has 116 valence electrons. The van der Waals surface area contributed by atoms with Crippen molar-refractivity contribution in [2.24, 2.45) is 0 Å². The monoisotopic (exact) mass is 312 g/mol. The molecular formula is C14H21ClN4O2. The van der Waals surface area contributed by atoms with Gasteiger partial charge in [-0.3, -0.25) is 9.69 Å². The number of nitrogens with zero attached hydrogens (tertiary/aromatic N) is 3. The van der Waals surface area contributed by atoms with Crippen LogP contribution in [0.5, 0.6) is 0 Å². The third-order valence-electron chi connectivity index (χ3n) is 4.62. The number of rotatable bonds is 4. The van der Waals surface area contributed by atoms with E-state index in [2.05, 4.69) is 20.0 Å². The van der Waals surface area contributed by atoms with Crippen LogP contribution in [-0.4, -0.2) is 58.5 Å². The van der Waals surface area contributed by atoms with E-state index in [9.17, 15) is 9.90 Å². The van der Waals surface area contributed by atoms with Crippen LogP contribution in [-0.2, 0) is 0 Å². The Balaban J connectivity index is 1.76. The molecule has 2 atom stereocenters. The van der Waals surface area contributed by atoms with Gasteiger partial charge in [-0.2, -0.15) is 5.10 Å². The first-order chi connectivity index (χ1) is 10.2. The fraction of sp³-hybridized carbons (Fsp3) is 0.714. The second-order valence-electron chi connectivity index (χ2n) is 5.86. The average molecular weight is 313 g/mol. The lowest BCUT2D eigenvalue weighted by atomic mass is 10.1. The molecule has 0 radical (unpaired) electrons. The first-order valence-corrected chi connectivity index (χ1v) is 7.93. The van der Waals surface area contributed by atoms with E-state index >= 15 is 0 Å². The second kappa shape index (κ2) is 6.34. The third-order valence-corrected chi connectivity index (χ3v) is 4.98. The van der Waals surface area contributed by atoms with Crippen molar-refractivity contribution >= 4 is 17.3 Å². The summed E-state index contributed by atoms with van der Waals surface area (Å²) in [6, 6.07) is 0.610. The Morgan fingerprint density at radius 3 is 2.90 bits per heavy atom. The third kappa shape index (κ3) is 2.93. The van der Waals surface area contributed by atoms with E-state index in [4.69, 9.17) is 11.6 Å². The molecule has 2 N–H and O–H groups in total. The molecule has 0 amide bonds. The number of aliphatic hydroxyl groups excluding tert-OH is 1. The minimum absolute atomic E-state index is 0.219. The number of likely N-dealkylation sites (tertiary alicyclic amines) is 1. The van der Waals surface area contributed by atoms with E-state index < -0.39 is 0 Å². The molecule has 1 aromatic heterocycles. The highest BCUT2D eigenvalue weighted by molar-refractivity contribution is 6.33. The second-order valence-corrected chi connectivity index (χ2v) is 6.24. The summed E-state index contributed by atoms with van der Waals surface area (Å²) in [4.78, 5) is 16.2. The molecule has 1 aromatic rings. The predicted octanol–water partition coefficient (Wildman–Crippen LogP) is 0.849. The molecule has 6 nitrogen and oxygen atoms in total. The van der Waals surface area contributed by atoms with E-state index in [1.807, 2.05) is 0 Å². The van der Waals surface area contributed by atoms with E-state index in [0.717, 1.165) is 51.0 Å². The smallest absolute Gasteiger partial charge is 0.285 e. The van der Waals surface area contributed by atoms with Crippen LogP contribution in [0.25, 0.3) is 0 Å². The standard InChI is InChI=1S/C14H21ClN4O2/c15-13-12(7-16-17-14(13)21)19-6-2-3-10(19)8-18-5-1-4-11(18)9-20/h7,10-11,20H,1-6,8-9H2,(H,17,21). The van der Waals surface area contributed by atoms with Crippen molar-refractivity contribution in [2.45, 2.75) is 37.8 Å². The predicted molar refractivity (Wildman–Crippen MR) is 81.9 cm³/mol. The summed E-state index contributed by atoms with van der Waals surface area (Å²) < 4.78 is 0. The van der Waals surface area contributed by atoms with Crippen LogP contribution >= 0.6 is 11.6 Å². The molecule has 0 saturated carbocycles. The Bertz CT molecular complexity index is 550. The van der Waals surface area contributed by atoms with Gasteiger partial charge in [-0.15, -0.1) is 0 Å². The normalized spacial score (nSPS) is 26.7. The largest absolute Gasteiger partial charge is 0.395 e. The number of anilines is 1. The van der Waals surface area contributed by atoms with Crippen molar-refractivity contribution in [3.05, 3.63) is 21.6 Å². The molecule has 2 aliphatic rings. The molecule has 2 unspecified atom stereocenters.